The molecule has 0 aliphatic carbocycles. The Balaban J connectivity index is 2.34. The standard InChI is InChI=1S/C22H32N4O5S2/c1-12(2)18(25-19(27)14(23)11-32)21(29)26-16-7-5-4-6-13(16)10-17(26)20(28)24-15(22(30)31)8-9-33-3/h4-7,12,14-15,17-18,32H,8-11,23H2,1-3H3,(H,24,28)(H,25,27)(H,30,31)/t14-,15-,17+,18-/m0/s1. The number of rotatable bonds is 11. The van der Waals surface area contributed by atoms with Crippen molar-refractivity contribution in [2.24, 2.45) is 11.7 Å². The molecule has 0 radical (unpaired) electrons. The average molecular weight is 497 g/mol. The highest BCUT2D eigenvalue weighted by molar-refractivity contribution is 7.98. The normalized spacial score (nSPS) is 17.8. The third-order valence-corrected chi connectivity index (χ3v) is 6.54. The van der Waals surface area contributed by atoms with E-state index in [1.54, 1.807) is 26.0 Å². The number of thiol groups is 1. The maximum absolute atomic E-state index is 13.7. The highest BCUT2D eigenvalue weighted by Gasteiger charge is 2.42. The molecule has 182 valence electrons. The zero-order valence-electron chi connectivity index (χ0n) is 19.0. The molecule has 1 aliphatic rings. The van der Waals surface area contributed by atoms with E-state index in [2.05, 4.69) is 23.3 Å². The lowest BCUT2D eigenvalue weighted by Gasteiger charge is -2.32. The van der Waals surface area contributed by atoms with Crippen LogP contribution in [0, 0.1) is 5.92 Å². The molecule has 0 saturated heterocycles. The minimum atomic E-state index is -1.13. The van der Waals surface area contributed by atoms with Gasteiger partial charge in [-0.05, 0) is 36.0 Å². The van der Waals surface area contributed by atoms with Crippen LogP contribution in [0.5, 0.6) is 0 Å². The van der Waals surface area contributed by atoms with Crippen LogP contribution in [0.1, 0.15) is 25.8 Å². The number of aliphatic carboxylic acids is 1. The van der Waals surface area contributed by atoms with Crippen molar-refractivity contribution in [2.45, 2.75) is 50.9 Å². The summed E-state index contributed by atoms with van der Waals surface area (Å²) >= 11 is 5.52. The summed E-state index contributed by atoms with van der Waals surface area (Å²) in [5.74, 6) is -2.22. The van der Waals surface area contributed by atoms with Gasteiger partial charge in [-0.15, -0.1) is 0 Å². The quantitative estimate of drug-likeness (QED) is 0.283. The van der Waals surface area contributed by atoms with Crippen LogP contribution in [0.25, 0.3) is 0 Å². The van der Waals surface area contributed by atoms with Gasteiger partial charge in [-0.1, -0.05) is 32.0 Å². The molecule has 0 fully saturated rings. The molecule has 33 heavy (non-hydrogen) atoms. The Morgan fingerprint density at radius 3 is 2.48 bits per heavy atom. The van der Waals surface area contributed by atoms with Gasteiger partial charge in [0.15, 0.2) is 0 Å². The number of hydrogen-bond donors (Lipinski definition) is 5. The number of carbonyl (C=O) groups excluding carboxylic acids is 3. The first kappa shape index (κ1) is 27.0. The molecule has 9 nitrogen and oxygen atoms in total. The van der Waals surface area contributed by atoms with Crippen LogP contribution in [0.4, 0.5) is 5.69 Å². The van der Waals surface area contributed by atoms with Gasteiger partial charge in [0, 0.05) is 17.9 Å². The molecule has 0 aromatic heterocycles. The van der Waals surface area contributed by atoms with Crippen LogP contribution in [0.2, 0.25) is 0 Å². The summed E-state index contributed by atoms with van der Waals surface area (Å²) in [7, 11) is 0. The first-order valence-corrected chi connectivity index (χ1v) is 12.7. The van der Waals surface area contributed by atoms with E-state index in [1.807, 2.05) is 18.4 Å². The number of anilines is 1. The number of hydrogen-bond acceptors (Lipinski definition) is 7. The van der Waals surface area contributed by atoms with Crippen LogP contribution in [0.3, 0.4) is 0 Å². The second-order valence-electron chi connectivity index (χ2n) is 8.26. The van der Waals surface area contributed by atoms with E-state index in [-0.39, 0.29) is 24.5 Å². The third kappa shape index (κ3) is 6.64. The minimum Gasteiger partial charge on any atom is -0.480 e. The highest BCUT2D eigenvalue weighted by Crippen LogP contribution is 2.33. The van der Waals surface area contributed by atoms with Crippen LogP contribution in [0.15, 0.2) is 24.3 Å². The fourth-order valence-electron chi connectivity index (χ4n) is 3.64. The van der Waals surface area contributed by atoms with Crippen LogP contribution in [-0.4, -0.2) is 70.7 Å². The Labute approximate surface area is 203 Å². The molecular weight excluding hydrogens is 464 g/mol. The number of carboxylic acid groups (broad SMARTS) is 1. The zero-order valence-corrected chi connectivity index (χ0v) is 20.7. The van der Waals surface area contributed by atoms with Gasteiger partial charge in [0.05, 0.1) is 6.04 Å². The van der Waals surface area contributed by atoms with E-state index < -0.39 is 47.9 Å². The number of carbonyl (C=O) groups is 4. The number of nitrogens with one attached hydrogen (secondary N) is 2. The van der Waals surface area contributed by atoms with E-state index in [0.29, 0.717) is 11.4 Å². The largest absolute Gasteiger partial charge is 0.480 e. The van der Waals surface area contributed by atoms with Crippen molar-refractivity contribution in [2.75, 3.05) is 22.7 Å². The number of amides is 3. The van der Waals surface area contributed by atoms with Gasteiger partial charge in [-0.3, -0.25) is 19.3 Å². The second kappa shape index (κ2) is 12.3. The lowest BCUT2D eigenvalue weighted by Crippen LogP contribution is -2.59. The predicted molar refractivity (Wildman–Crippen MR) is 133 cm³/mol. The zero-order chi connectivity index (χ0) is 24.7. The van der Waals surface area contributed by atoms with Gasteiger partial charge in [-0.2, -0.15) is 24.4 Å². The minimum absolute atomic E-state index is 0.120. The molecule has 0 unspecified atom stereocenters. The smallest absolute Gasteiger partial charge is 0.326 e. The average Bonchev–Trinajstić information content (AvgIpc) is 3.18. The fourth-order valence-corrected chi connectivity index (χ4v) is 4.27. The summed E-state index contributed by atoms with van der Waals surface area (Å²) < 4.78 is 0. The number of thioether (sulfide) groups is 1. The molecule has 1 aliphatic heterocycles. The molecule has 4 atom stereocenters. The molecule has 0 bridgehead atoms. The van der Waals surface area contributed by atoms with Gasteiger partial charge in [0.1, 0.15) is 18.1 Å². The predicted octanol–water partition coefficient (Wildman–Crippen LogP) is 0.665. The van der Waals surface area contributed by atoms with E-state index in [9.17, 15) is 24.3 Å². The Morgan fingerprint density at radius 1 is 1.24 bits per heavy atom. The molecule has 11 heteroatoms. The Kier molecular flexibility index (Phi) is 10.1. The van der Waals surface area contributed by atoms with Crippen molar-refractivity contribution in [1.82, 2.24) is 10.6 Å². The third-order valence-electron chi connectivity index (χ3n) is 5.51. The van der Waals surface area contributed by atoms with Crippen molar-refractivity contribution < 1.29 is 24.3 Å². The first-order chi connectivity index (χ1) is 15.6. The van der Waals surface area contributed by atoms with E-state index in [0.717, 1.165) is 5.56 Å². The molecule has 1 aromatic rings. The molecule has 0 saturated carbocycles. The summed E-state index contributed by atoms with van der Waals surface area (Å²) in [5.41, 5.74) is 7.12. The molecule has 2 rings (SSSR count). The number of carboxylic acids is 1. The summed E-state index contributed by atoms with van der Waals surface area (Å²) in [6.45, 7) is 3.57. The van der Waals surface area contributed by atoms with Gasteiger partial charge in [0.25, 0.3) is 5.91 Å². The topological polar surface area (TPSA) is 142 Å². The Bertz CT molecular complexity index is 882. The van der Waals surface area contributed by atoms with E-state index in [1.165, 1.54) is 16.7 Å². The van der Waals surface area contributed by atoms with Crippen molar-refractivity contribution in [1.29, 1.82) is 0 Å². The monoisotopic (exact) mass is 496 g/mol. The fraction of sp³-hybridized carbons (Fsp3) is 0.545. The van der Waals surface area contributed by atoms with Crippen LogP contribution in [-0.2, 0) is 25.6 Å². The lowest BCUT2D eigenvalue weighted by atomic mass is 10.0. The van der Waals surface area contributed by atoms with Crippen LogP contribution >= 0.6 is 24.4 Å². The molecule has 3 amide bonds. The van der Waals surface area contributed by atoms with Gasteiger partial charge >= 0.3 is 5.97 Å². The Hall–Kier alpha value is -2.24. The number of fused-ring (bicyclic) bond motifs is 1. The lowest BCUT2D eigenvalue weighted by molar-refractivity contribution is -0.142. The summed E-state index contributed by atoms with van der Waals surface area (Å²) in [6, 6.07) is 3.36. The summed E-state index contributed by atoms with van der Waals surface area (Å²) in [6.07, 6.45) is 2.37. The van der Waals surface area contributed by atoms with Crippen LogP contribution < -0.4 is 21.3 Å². The molecule has 5 N–H and O–H groups in total. The SMILES string of the molecule is CSCC[C@H](NC(=O)[C@H]1Cc2ccccc2N1C(=O)[C@@H](NC(=O)[C@@H](N)CS)C(C)C)C(=O)O. The number of benzene rings is 1. The maximum atomic E-state index is 13.7. The van der Waals surface area contributed by atoms with E-state index >= 15 is 0 Å². The summed E-state index contributed by atoms with van der Waals surface area (Å²) in [5, 5.41) is 14.8. The Morgan fingerprint density at radius 2 is 1.91 bits per heavy atom. The second-order valence-corrected chi connectivity index (χ2v) is 9.61. The number of nitrogens with zero attached hydrogens (tertiary/aromatic N) is 1. The van der Waals surface area contributed by atoms with Crippen molar-refractivity contribution in [3.63, 3.8) is 0 Å². The maximum Gasteiger partial charge on any atom is 0.326 e. The molecule has 0 spiro atoms. The van der Waals surface area contributed by atoms with Crippen molar-refractivity contribution in [3.8, 4) is 0 Å². The molecule has 1 heterocycles. The first-order valence-electron chi connectivity index (χ1n) is 10.7. The van der Waals surface area contributed by atoms with Gasteiger partial charge < -0.3 is 21.5 Å². The number of nitrogens with two attached hydrogens (primary N) is 1. The molecular formula is C22H32N4O5S2. The van der Waals surface area contributed by atoms with Crippen molar-refractivity contribution in [3.05, 3.63) is 29.8 Å². The number of para-hydroxylation sites is 1. The summed E-state index contributed by atoms with van der Waals surface area (Å²) in [4.78, 5) is 52.2. The van der Waals surface area contributed by atoms with Crippen molar-refractivity contribution >= 4 is 53.8 Å². The van der Waals surface area contributed by atoms with Gasteiger partial charge in [-0.25, -0.2) is 4.79 Å². The van der Waals surface area contributed by atoms with E-state index in [4.69, 9.17) is 5.73 Å². The highest BCUT2D eigenvalue weighted by atomic mass is 32.2. The molecule has 1 aromatic carbocycles. The van der Waals surface area contributed by atoms with Gasteiger partial charge in [0.2, 0.25) is 11.8 Å².